The minimum atomic E-state index is -4.45. The number of fused-ring (bicyclic) bond motifs is 1. The molecule has 8 nitrogen and oxygen atoms in total. The van der Waals surface area contributed by atoms with E-state index in [0.717, 1.165) is 17.8 Å². The predicted octanol–water partition coefficient (Wildman–Crippen LogP) is 6.47. The Bertz CT molecular complexity index is 1550. The number of para-hydroxylation sites is 1. The van der Waals surface area contributed by atoms with Crippen LogP contribution in [-0.2, 0) is 12.7 Å². The minimum Gasteiger partial charge on any atom is -0.369 e. The average Bonchev–Trinajstić information content (AvgIpc) is 3.19. The summed E-state index contributed by atoms with van der Waals surface area (Å²) < 4.78 is 40.5. The van der Waals surface area contributed by atoms with Crippen LogP contribution in [-0.4, -0.2) is 24.5 Å². The number of anilines is 4. The first-order chi connectivity index (χ1) is 17.7. The van der Waals surface area contributed by atoms with Crippen LogP contribution in [0.2, 0.25) is 10.0 Å². The van der Waals surface area contributed by atoms with Crippen LogP contribution in [0.5, 0.6) is 0 Å². The third-order valence-electron chi connectivity index (χ3n) is 5.32. The number of rotatable bonds is 6. The Hall–Kier alpha value is -4.09. The van der Waals surface area contributed by atoms with Crippen molar-refractivity contribution in [3.63, 3.8) is 0 Å². The summed E-state index contributed by atoms with van der Waals surface area (Å²) in [6, 6.07) is 15.0. The number of pyridine rings is 1. The van der Waals surface area contributed by atoms with Gasteiger partial charge in [0.2, 0.25) is 11.9 Å². The van der Waals surface area contributed by atoms with Gasteiger partial charge in [0, 0.05) is 11.9 Å². The zero-order valence-corrected chi connectivity index (χ0v) is 20.3. The van der Waals surface area contributed by atoms with Crippen molar-refractivity contribution in [1.82, 2.24) is 24.5 Å². The SMILES string of the molecule is Nc1nc2c(Nc3ccc(C(F)(F)F)cc3)nc(NCc3ccccn3)nc2n1-c1c(Cl)cccc1Cl. The maximum absolute atomic E-state index is 13.0. The molecular weight excluding hydrogens is 528 g/mol. The third kappa shape index (κ3) is 5.09. The molecule has 0 aliphatic carbocycles. The third-order valence-corrected chi connectivity index (χ3v) is 5.93. The molecule has 0 bridgehead atoms. The quantitative estimate of drug-likeness (QED) is 0.224. The summed E-state index contributed by atoms with van der Waals surface area (Å²) in [7, 11) is 0. The van der Waals surface area contributed by atoms with Gasteiger partial charge in [-0.2, -0.15) is 23.1 Å². The fraction of sp³-hybridized carbons (Fsp3) is 0.0833. The van der Waals surface area contributed by atoms with E-state index in [1.165, 1.54) is 16.7 Å². The Morgan fingerprint density at radius 3 is 2.27 bits per heavy atom. The molecule has 0 aliphatic rings. The van der Waals surface area contributed by atoms with Gasteiger partial charge in [0.05, 0.1) is 33.5 Å². The number of nitrogen functional groups attached to an aromatic ring is 1. The molecule has 0 saturated heterocycles. The van der Waals surface area contributed by atoms with Gasteiger partial charge < -0.3 is 16.4 Å². The normalized spacial score (nSPS) is 11.6. The molecule has 0 atom stereocenters. The smallest absolute Gasteiger partial charge is 0.369 e. The van der Waals surface area contributed by atoms with Gasteiger partial charge in [-0.05, 0) is 48.5 Å². The molecule has 3 aromatic heterocycles. The van der Waals surface area contributed by atoms with E-state index in [9.17, 15) is 13.2 Å². The zero-order valence-electron chi connectivity index (χ0n) is 18.8. The van der Waals surface area contributed by atoms with E-state index in [-0.39, 0.29) is 28.9 Å². The Labute approximate surface area is 218 Å². The van der Waals surface area contributed by atoms with E-state index in [2.05, 4.69) is 30.6 Å². The molecule has 0 fully saturated rings. The van der Waals surface area contributed by atoms with Gasteiger partial charge >= 0.3 is 6.18 Å². The Morgan fingerprint density at radius 1 is 0.892 bits per heavy atom. The Morgan fingerprint density at radius 2 is 1.62 bits per heavy atom. The number of imidazole rings is 1. The molecule has 5 rings (SSSR count). The largest absolute Gasteiger partial charge is 0.416 e. The molecule has 0 saturated carbocycles. The molecular formula is C24H17Cl2F3N8. The van der Waals surface area contributed by atoms with Gasteiger partial charge in [0.15, 0.2) is 17.0 Å². The van der Waals surface area contributed by atoms with Crippen molar-refractivity contribution in [3.05, 3.63) is 88.2 Å². The molecule has 2 aromatic carbocycles. The van der Waals surface area contributed by atoms with Crippen molar-refractivity contribution in [2.24, 2.45) is 0 Å². The molecule has 13 heteroatoms. The first-order valence-corrected chi connectivity index (χ1v) is 11.5. The first-order valence-electron chi connectivity index (χ1n) is 10.8. The van der Waals surface area contributed by atoms with Crippen LogP contribution in [0.15, 0.2) is 66.9 Å². The maximum Gasteiger partial charge on any atom is 0.416 e. The molecule has 0 spiro atoms. The minimum absolute atomic E-state index is 0.0386. The summed E-state index contributed by atoms with van der Waals surface area (Å²) in [5.74, 6) is 0.440. The standard InChI is InChI=1S/C24H17Cl2F3N8/c25-16-5-3-6-17(26)19(16)37-21-18(34-22(37)30)20(33-14-9-7-13(8-10-14)24(27,28)29)35-23(36-21)32-12-15-4-1-2-11-31-15/h1-11H,12H2,(H2,30,34)(H2,32,33,35,36). The van der Waals surface area contributed by atoms with Crippen LogP contribution in [0.25, 0.3) is 16.9 Å². The highest BCUT2D eigenvalue weighted by Crippen LogP contribution is 2.36. The lowest BCUT2D eigenvalue weighted by Crippen LogP contribution is -2.09. The van der Waals surface area contributed by atoms with E-state index < -0.39 is 11.7 Å². The molecule has 0 unspecified atom stereocenters. The number of aromatic nitrogens is 5. The van der Waals surface area contributed by atoms with Gasteiger partial charge in [-0.15, -0.1) is 0 Å². The number of halogens is 5. The Kier molecular flexibility index (Phi) is 6.48. The van der Waals surface area contributed by atoms with Gasteiger partial charge in [0.1, 0.15) is 0 Å². The fourth-order valence-electron chi connectivity index (χ4n) is 3.62. The monoisotopic (exact) mass is 544 g/mol. The molecule has 0 aliphatic heterocycles. The number of hydrogen-bond acceptors (Lipinski definition) is 7. The van der Waals surface area contributed by atoms with Crippen LogP contribution in [0.1, 0.15) is 11.3 Å². The van der Waals surface area contributed by atoms with Gasteiger partial charge in [0.25, 0.3) is 0 Å². The van der Waals surface area contributed by atoms with Gasteiger partial charge in [-0.1, -0.05) is 35.3 Å². The van der Waals surface area contributed by atoms with Crippen LogP contribution < -0.4 is 16.4 Å². The molecule has 0 amide bonds. The van der Waals surface area contributed by atoms with Gasteiger partial charge in [-0.3, -0.25) is 9.55 Å². The molecule has 188 valence electrons. The van der Waals surface area contributed by atoms with E-state index >= 15 is 0 Å². The van der Waals surface area contributed by atoms with E-state index in [1.54, 1.807) is 30.5 Å². The van der Waals surface area contributed by atoms with E-state index in [1.807, 2.05) is 12.1 Å². The predicted molar refractivity (Wildman–Crippen MR) is 137 cm³/mol. The highest BCUT2D eigenvalue weighted by Gasteiger charge is 2.30. The number of nitrogens with two attached hydrogens (primary N) is 1. The summed E-state index contributed by atoms with van der Waals surface area (Å²) in [4.78, 5) is 17.7. The van der Waals surface area contributed by atoms with Crippen molar-refractivity contribution in [2.45, 2.75) is 12.7 Å². The summed E-state index contributed by atoms with van der Waals surface area (Å²) in [6.45, 7) is 0.308. The number of nitrogens with one attached hydrogen (secondary N) is 2. The first kappa shape index (κ1) is 24.6. The van der Waals surface area contributed by atoms with Crippen LogP contribution in [0, 0.1) is 0 Å². The van der Waals surface area contributed by atoms with Crippen molar-refractivity contribution < 1.29 is 13.2 Å². The molecule has 5 aromatic rings. The van der Waals surface area contributed by atoms with Crippen molar-refractivity contribution in [1.29, 1.82) is 0 Å². The number of alkyl halides is 3. The number of benzene rings is 2. The van der Waals surface area contributed by atoms with Crippen LogP contribution in [0.3, 0.4) is 0 Å². The lowest BCUT2D eigenvalue weighted by molar-refractivity contribution is -0.137. The second-order valence-electron chi connectivity index (χ2n) is 7.82. The summed E-state index contributed by atoms with van der Waals surface area (Å²) in [5, 5.41) is 6.75. The Balaban J connectivity index is 1.62. The summed E-state index contributed by atoms with van der Waals surface area (Å²) in [5.41, 5.74) is 7.49. The lowest BCUT2D eigenvalue weighted by Gasteiger charge is -2.13. The second-order valence-corrected chi connectivity index (χ2v) is 8.63. The van der Waals surface area contributed by atoms with Crippen LogP contribution >= 0.6 is 23.2 Å². The highest BCUT2D eigenvalue weighted by molar-refractivity contribution is 6.38. The summed E-state index contributed by atoms with van der Waals surface area (Å²) >= 11 is 12.9. The lowest BCUT2D eigenvalue weighted by atomic mass is 10.2. The zero-order chi connectivity index (χ0) is 26.2. The fourth-order valence-corrected chi connectivity index (χ4v) is 4.18. The van der Waals surface area contributed by atoms with Crippen molar-refractivity contribution in [2.75, 3.05) is 16.4 Å². The van der Waals surface area contributed by atoms with Crippen LogP contribution in [0.4, 0.5) is 36.6 Å². The van der Waals surface area contributed by atoms with Gasteiger partial charge in [-0.25, -0.2) is 4.98 Å². The van der Waals surface area contributed by atoms with E-state index in [4.69, 9.17) is 28.9 Å². The topological polar surface area (TPSA) is 107 Å². The van der Waals surface area contributed by atoms with Crippen molar-refractivity contribution >= 4 is 57.8 Å². The number of hydrogen-bond donors (Lipinski definition) is 3. The molecule has 3 heterocycles. The van der Waals surface area contributed by atoms with E-state index in [0.29, 0.717) is 28.0 Å². The molecule has 0 radical (unpaired) electrons. The molecule has 37 heavy (non-hydrogen) atoms. The number of nitrogens with zero attached hydrogens (tertiary/aromatic N) is 5. The second kappa shape index (κ2) is 9.75. The summed E-state index contributed by atoms with van der Waals surface area (Å²) in [6.07, 6.45) is -2.79. The van der Waals surface area contributed by atoms with Crippen molar-refractivity contribution in [3.8, 4) is 5.69 Å². The maximum atomic E-state index is 13.0. The average molecular weight is 545 g/mol. The highest BCUT2D eigenvalue weighted by atomic mass is 35.5. The molecule has 4 N–H and O–H groups in total.